The van der Waals surface area contributed by atoms with Crippen molar-refractivity contribution in [3.8, 4) is 0 Å². The Kier molecular flexibility index (Phi) is 4.20. The molecule has 1 unspecified atom stereocenters. The first-order chi connectivity index (χ1) is 9.15. The van der Waals surface area contributed by atoms with Crippen molar-refractivity contribution >= 4 is 17.4 Å². The second-order valence-electron chi connectivity index (χ2n) is 4.85. The highest BCUT2D eigenvalue weighted by Gasteiger charge is 2.28. The van der Waals surface area contributed by atoms with Gasteiger partial charge in [0.1, 0.15) is 6.04 Å². The van der Waals surface area contributed by atoms with E-state index >= 15 is 0 Å². The summed E-state index contributed by atoms with van der Waals surface area (Å²) in [5.74, 6) is 0.180. The van der Waals surface area contributed by atoms with Crippen molar-refractivity contribution in [2.45, 2.75) is 32.7 Å². The largest absolute Gasteiger partial charge is 0.359 e. The van der Waals surface area contributed by atoms with Gasteiger partial charge < -0.3 is 10.2 Å². The maximum atomic E-state index is 12.1. The predicted octanol–water partition coefficient (Wildman–Crippen LogP) is 1.99. The van der Waals surface area contributed by atoms with Gasteiger partial charge in [0, 0.05) is 30.8 Å². The Morgan fingerprint density at radius 2 is 2.16 bits per heavy atom. The Morgan fingerprint density at radius 3 is 2.89 bits per heavy atom. The zero-order valence-corrected chi connectivity index (χ0v) is 11.5. The normalized spacial score (nSPS) is 15.9. The Hall–Kier alpha value is -1.84. The number of nitrogens with zero attached hydrogens (tertiary/aromatic N) is 1. The summed E-state index contributed by atoms with van der Waals surface area (Å²) in [6.45, 7) is 5.21. The number of rotatable bonds is 4. The molecule has 2 rings (SSSR count). The lowest BCUT2D eigenvalue weighted by Gasteiger charge is -2.34. The molecule has 0 saturated heterocycles. The first-order valence-electron chi connectivity index (χ1n) is 6.81. The number of nitrogens with one attached hydrogen (secondary N) is 1. The highest BCUT2D eigenvalue weighted by atomic mass is 16.2. The van der Waals surface area contributed by atoms with Gasteiger partial charge in [-0.15, -0.1) is 0 Å². The molecule has 0 saturated carbocycles. The Bertz CT molecular complexity index is 485. The van der Waals surface area contributed by atoms with Crippen LogP contribution >= 0.6 is 0 Å². The number of amides is 1. The van der Waals surface area contributed by atoms with Gasteiger partial charge in [-0.3, -0.25) is 9.59 Å². The van der Waals surface area contributed by atoms with E-state index in [9.17, 15) is 9.59 Å². The van der Waals surface area contributed by atoms with E-state index in [0.717, 1.165) is 17.7 Å². The number of hydrogen-bond donors (Lipinski definition) is 1. The molecule has 0 aliphatic carbocycles. The van der Waals surface area contributed by atoms with E-state index in [1.807, 2.05) is 43.0 Å². The zero-order chi connectivity index (χ0) is 13.8. The highest BCUT2D eigenvalue weighted by molar-refractivity contribution is 6.04. The third-order valence-corrected chi connectivity index (χ3v) is 3.49. The highest BCUT2D eigenvalue weighted by Crippen LogP contribution is 2.28. The topological polar surface area (TPSA) is 49.4 Å². The van der Waals surface area contributed by atoms with Crippen LogP contribution in [0.25, 0.3) is 0 Å². The van der Waals surface area contributed by atoms with Crippen LogP contribution in [0, 0.1) is 0 Å². The average molecular weight is 260 g/mol. The number of para-hydroxylation sites is 1. The van der Waals surface area contributed by atoms with Gasteiger partial charge in [0.25, 0.3) is 0 Å². The van der Waals surface area contributed by atoms with Gasteiger partial charge in [-0.25, -0.2) is 0 Å². The molecule has 1 aromatic carbocycles. The van der Waals surface area contributed by atoms with E-state index in [1.54, 1.807) is 0 Å². The fourth-order valence-corrected chi connectivity index (χ4v) is 2.38. The van der Waals surface area contributed by atoms with Crippen LogP contribution in [-0.2, 0) is 4.79 Å². The van der Waals surface area contributed by atoms with Crippen molar-refractivity contribution in [3.05, 3.63) is 29.8 Å². The Labute approximate surface area is 113 Å². The van der Waals surface area contributed by atoms with Crippen molar-refractivity contribution in [2.24, 2.45) is 0 Å². The van der Waals surface area contributed by atoms with Gasteiger partial charge in [-0.05, 0) is 25.5 Å². The van der Waals surface area contributed by atoms with Crippen LogP contribution in [0.4, 0.5) is 5.69 Å². The van der Waals surface area contributed by atoms with Crippen LogP contribution in [0.3, 0.4) is 0 Å². The van der Waals surface area contributed by atoms with E-state index in [-0.39, 0.29) is 17.7 Å². The average Bonchev–Trinajstić information content (AvgIpc) is 2.45. The SMILES string of the molecule is CCCNC(=O)C(C)N1CCC(=O)c2ccccc21. The van der Waals surface area contributed by atoms with Crippen LogP contribution in [0.5, 0.6) is 0 Å². The van der Waals surface area contributed by atoms with Gasteiger partial charge in [-0.2, -0.15) is 0 Å². The molecule has 1 atom stereocenters. The first kappa shape index (κ1) is 13.6. The van der Waals surface area contributed by atoms with Crippen LogP contribution in [0.1, 0.15) is 37.0 Å². The molecule has 4 heteroatoms. The molecule has 1 aliphatic rings. The summed E-state index contributed by atoms with van der Waals surface area (Å²) < 4.78 is 0. The number of ketones is 1. The van der Waals surface area contributed by atoms with Gasteiger partial charge in [0.15, 0.2) is 5.78 Å². The molecule has 0 radical (unpaired) electrons. The predicted molar refractivity (Wildman–Crippen MR) is 75.5 cm³/mol. The number of hydrogen-bond acceptors (Lipinski definition) is 3. The van der Waals surface area contributed by atoms with Crippen molar-refractivity contribution in [1.82, 2.24) is 5.32 Å². The number of fused-ring (bicyclic) bond motifs is 1. The number of benzene rings is 1. The molecule has 0 fully saturated rings. The lowest BCUT2D eigenvalue weighted by molar-refractivity contribution is -0.122. The fourth-order valence-electron chi connectivity index (χ4n) is 2.38. The summed E-state index contributed by atoms with van der Waals surface area (Å²) in [6.07, 6.45) is 1.40. The number of carbonyl (C=O) groups is 2. The molecule has 0 spiro atoms. The molecule has 19 heavy (non-hydrogen) atoms. The third kappa shape index (κ3) is 2.78. The number of anilines is 1. The molecular weight excluding hydrogens is 240 g/mol. The van der Waals surface area contributed by atoms with E-state index < -0.39 is 0 Å². The maximum Gasteiger partial charge on any atom is 0.242 e. The Morgan fingerprint density at radius 1 is 1.42 bits per heavy atom. The van der Waals surface area contributed by atoms with Gasteiger partial charge in [-0.1, -0.05) is 19.1 Å². The molecule has 4 nitrogen and oxygen atoms in total. The molecule has 1 aliphatic heterocycles. The molecule has 1 heterocycles. The lowest BCUT2D eigenvalue weighted by Crippen LogP contribution is -2.48. The quantitative estimate of drug-likeness (QED) is 0.900. The Balaban J connectivity index is 2.20. The number of Topliss-reactive ketones (excluding diaryl/α,β-unsaturated/α-hetero) is 1. The first-order valence-corrected chi connectivity index (χ1v) is 6.81. The fraction of sp³-hybridized carbons (Fsp3) is 0.467. The molecule has 102 valence electrons. The smallest absolute Gasteiger partial charge is 0.242 e. The van der Waals surface area contributed by atoms with Gasteiger partial charge >= 0.3 is 0 Å². The van der Waals surface area contributed by atoms with Crippen LogP contribution in [0.15, 0.2) is 24.3 Å². The minimum absolute atomic E-state index is 0.0194. The third-order valence-electron chi connectivity index (χ3n) is 3.49. The summed E-state index contributed by atoms with van der Waals surface area (Å²) in [6, 6.07) is 7.26. The van der Waals surface area contributed by atoms with Gasteiger partial charge in [0.2, 0.25) is 5.91 Å². The van der Waals surface area contributed by atoms with Crippen molar-refractivity contribution in [1.29, 1.82) is 0 Å². The monoisotopic (exact) mass is 260 g/mol. The van der Waals surface area contributed by atoms with Crippen LogP contribution in [0.2, 0.25) is 0 Å². The minimum atomic E-state index is -0.249. The number of carbonyl (C=O) groups excluding carboxylic acids is 2. The summed E-state index contributed by atoms with van der Waals surface area (Å²) in [7, 11) is 0. The second kappa shape index (κ2) is 5.87. The molecule has 0 bridgehead atoms. The van der Waals surface area contributed by atoms with Crippen molar-refractivity contribution in [3.63, 3.8) is 0 Å². The second-order valence-corrected chi connectivity index (χ2v) is 4.85. The van der Waals surface area contributed by atoms with Crippen LogP contribution in [-0.4, -0.2) is 30.8 Å². The van der Waals surface area contributed by atoms with Gasteiger partial charge in [0.05, 0.1) is 0 Å². The summed E-state index contributed by atoms with van der Waals surface area (Å²) in [4.78, 5) is 25.9. The molecular formula is C15H20N2O2. The van der Waals surface area contributed by atoms with Crippen LogP contribution < -0.4 is 10.2 Å². The zero-order valence-electron chi connectivity index (χ0n) is 11.5. The molecule has 1 aromatic rings. The molecule has 1 N–H and O–H groups in total. The van der Waals surface area contributed by atoms with E-state index in [0.29, 0.717) is 19.5 Å². The van der Waals surface area contributed by atoms with E-state index in [4.69, 9.17) is 0 Å². The molecule has 0 aromatic heterocycles. The van der Waals surface area contributed by atoms with E-state index in [2.05, 4.69) is 5.32 Å². The van der Waals surface area contributed by atoms with E-state index in [1.165, 1.54) is 0 Å². The summed E-state index contributed by atoms with van der Waals surface area (Å²) in [5.41, 5.74) is 1.60. The molecule has 1 amide bonds. The standard InChI is InChI=1S/C15H20N2O2/c1-3-9-16-15(19)11(2)17-10-8-14(18)12-6-4-5-7-13(12)17/h4-7,11H,3,8-10H2,1-2H3,(H,16,19). The van der Waals surface area contributed by atoms with Crippen molar-refractivity contribution in [2.75, 3.05) is 18.0 Å². The summed E-state index contributed by atoms with van der Waals surface area (Å²) in [5, 5.41) is 2.91. The lowest BCUT2D eigenvalue weighted by atomic mass is 9.99. The van der Waals surface area contributed by atoms with Crippen molar-refractivity contribution < 1.29 is 9.59 Å². The maximum absolute atomic E-state index is 12.1. The minimum Gasteiger partial charge on any atom is -0.359 e. The summed E-state index contributed by atoms with van der Waals surface area (Å²) >= 11 is 0.